The summed E-state index contributed by atoms with van der Waals surface area (Å²) >= 11 is 0. The van der Waals surface area contributed by atoms with Crippen LogP contribution in [0.3, 0.4) is 0 Å². The number of hydrogen-bond donors (Lipinski definition) is 2. The first-order valence-corrected chi connectivity index (χ1v) is 11.0. The zero-order valence-corrected chi connectivity index (χ0v) is 19.6. The van der Waals surface area contributed by atoms with Crippen molar-refractivity contribution in [3.63, 3.8) is 0 Å². The van der Waals surface area contributed by atoms with Gasteiger partial charge < -0.3 is 20.9 Å². The lowest BCUT2D eigenvalue weighted by molar-refractivity contribution is -0.288. The van der Waals surface area contributed by atoms with Crippen LogP contribution >= 0.6 is 0 Å². The van der Waals surface area contributed by atoms with E-state index in [1.165, 1.54) is 12.1 Å². The lowest BCUT2D eigenvalue weighted by Crippen LogP contribution is -2.54. The van der Waals surface area contributed by atoms with Gasteiger partial charge in [0, 0.05) is 23.5 Å². The monoisotopic (exact) mass is 554 g/mol. The predicted molar refractivity (Wildman–Crippen MR) is 128 cm³/mol. The number of benzene rings is 4. The van der Waals surface area contributed by atoms with Gasteiger partial charge >= 0.3 is 12.4 Å². The highest BCUT2D eigenvalue weighted by atomic mass is 19.4. The van der Waals surface area contributed by atoms with Gasteiger partial charge in [-0.1, -0.05) is 24.3 Å². The molecule has 0 aliphatic carbocycles. The summed E-state index contributed by atoms with van der Waals surface area (Å²) in [6.45, 7) is 0. The summed E-state index contributed by atoms with van der Waals surface area (Å²) in [5.41, 5.74) is 4.30. The normalized spacial score (nSPS) is 12.3. The van der Waals surface area contributed by atoms with E-state index < -0.39 is 40.5 Å². The Morgan fingerprint density at radius 2 is 0.821 bits per heavy atom. The van der Waals surface area contributed by atoms with Crippen LogP contribution in [0.2, 0.25) is 0 Å². The van der Waals surface area contributed by atoms with E-state index in [4.69, 9.17) is 20.9 Å². The molecule has 0 saturated carbocycles. The summed E-state index contributed by atoms with van der Waals surface area (Å²) in [7, 11) is 0. The molecule has 0 unspecified atom stereocenters. The highest BCUT2D eigenvalue weighted by Gasteiger charge is 2.72. The van der Waals surface area contributed by atoms with Gasteiger partial charge in [-0.3, -0.25) is 0 Å². The van der Waals surface area contributed by atoms with Crippen molar-refractivity contribution < 1.29 is 44.6 Å². The van der Waals surface area contributed by atoms with Crippen LogP contribution in [-0.2, 0) is 5.41 Å². The Bertz CT molecular complexity index is 1350. The van der Waals surface area contributed by atoms with Crippen LogP contribution in [0, 0.1) is 11.6 Å². The Morgan fingerprint density at radius 1 is 0.487 bits per heavy atom. The lowest BCUT2D eigenvalue weighted by atomic mass is 9.73. The van der Waals surface area contributed by atoms with Crippen molar-refractivity contribution in [1.82, 2.24) is 0 Å². The maximum Gasteiger partial charge on any atom is 0.411 e. The number of nitrogens with two attached hydrogens (primary N) is 2. The minimum Gasteiger partial charge on any atom is -0.454 e. The van der Waals surface area contributed by atoms with E-state index >= 15 is 0 Å². The van der Waals surface area contributed by atoms with E-state index in [-0.39, 0.29) is 34.4 Å². The zero-order chi connectivity index (χ0) is 28.6. The molecule has 39 heavy (non-hydrogen) atoms. The summed E-state index contributed by atoms with van der Waals surface area (Å²) in [6, 6.07) is 12.6. The first kappa shape index (κ1) is 27.6. The Labute approximate surface area is 216 Å². The van der Waals surface area contributed by atoms with E-state index in [9.17, 15) is 35.1 Å². The number of hydrogen-bond acceptors (Lipinski definition) is 4. The summed E-state index contributed by atoms with van der Waals surface area (Å²) in [4.78, 5) is 0. The van der Waals surface area contributed by atoms with Crippen LogP contribution in [0.4, 0.5) is 46.5 Å². The molecule has 0 aliphatic rings. The molecule has 0 heterocycles. The molecule has 4 N–H and O–H groups in total. The molecule has 4 aromatic rings. The largest absolute Gasteiger partial charge is 0.454 e. The summed E-state index contributed by atoms with van der Waals surface area (Å²) in [6.07, 6.45) is -11.7. The van der Waals surface area contributed by atoms with Gasteiger partial charge in [-0.15, -0.1) is 0 Å². The quantitative estimate of drug-likeness (QED) is 0.187. The van der Waals surface area contributed by atoms with Gasteiger partial charge in [0.15, 0.2) is 23.1 Å². The van der Waals surface area contributed by atoms with Gasteiger partial charge in [-0.2, -0.15) is 26.3 Å². The SMILES string of the molecule is Nc1ccc(Oc2ccc(C(c3ccc(Oc4ccc(N)cc4F)cc3)(C(F)(F)F)C(F)(F)F)cc2)c(F)c1. The molecule has 4 rings (SSSR count). The van der Waals surface area contributed by atoms with Crippen LogP contribution in [0.15, 0.2) is 84.9 Å². The number of halogens is 8. The molecule has 4 nitrogen and oxygen atoms in total. The number of ether oxygens (including phenoxy) is 2. The van der Waals surface area contributed by atoms with Crippen LogP contribution in [0.5, 0.6) is 23.0 Å². The van der Waals surface area contributed by atoms with Crippen molar-refractivity contribution in [3.8, 4) is 23.0 Å². The van der Waals surface area contributed by atoms with Crippen molar-refractivity contribution in [2.45, 2.75) is 17.8 Å². The van der Waals surface area contributed by atoms with E-state index in [0.29, 0.717) is 24.3 Å². The van der Waals surface area contributed by atoms with Gasteiger partial charge in [0.05, 0.1) is 0 Å². The summed E-state index contributed by atoms with van der Waals surface area (Å²) in [5, 5.41) is 0. The van der Waals surface area contributed by atoms with Crippen molar-refractivity contribution in [1.29, 1.82) is 0 Å². The fourth-order valence-electron chi connectivity index (χ4n) is 3.98. The van der Waals surface area contributed by atoms with E-state index in [0.717, 1.165) is 48.5 Å². The maximum absolute atomic E-state index is 14.4. The molecule has 12 heteroatoms. The number of nitrogen functional groups attached to an aromatic ring is 2. The Morgan fingerprint density at radius 3 is 1.10 bits per heavy atom. The van der Waals surface area contributed by atoms with Gasteiger partial charge in [0.2, 0.25) is 5.41 Å². The molecule has 0 radical (unpaired) electrons. The summed E-state index contributed by atoms with van der Waals surface area (Å²) in [5.74, 6) is -2.84. The zero-order valence-electron chi connectivity index (χ0n) is 19.6. The third kappa shape index (κ3) is 5.27. The second kappa shape index (κ2) is 10.0. The van der Waals surface area contributed by atoms with Crippen LogP contribution in [0.25, 0.3) is 0 Å². The smallest absolute Gasteiger partial charge is 0.411 e. The highest BCUT2D eigenvalue weighted by molar-refractivity contribution is 5.49. The van der Waals surface area contributed by atoms with Crippen molar-refractivity contribution in [2.75, 3.05) is 11.5 Å². The van der Waals surface area contributed by atoms with Crippen LogP contribution < -0.4 is 20.9 Å². The first-order chi connectivity index (χ1) is 18.2. The highest BCUT2D eigenvalue weighted by Crippen LogP contribution is 2.56. The fraction of sp³-hybridized carbons (Fsp3) is 0.111. The van der Waals surface area contributed by atoms with Gasteiger partial charge in [-0.25, -0.2) is 8.78 Å². The number of anilines is 2. The van der Waals surface area contributed by atoms with Crippen molar-refractivity contribution in [3.05, 3.63) is 108 Å². The van der Waals surface area contributed by atoms with Crippen LogP contribution in [-0.4, -0.2) is 12.4 Å². The van der Waals surface area contributed by atoms with Gasteiger partial charge in [0.1, 0.15) is 11.5 Å². The van der Waals surface area contributed by atoms with E-state index in [1.807, 2.05) is 0 Å². The molecule has 0 atom stereocenters. The van der Waals surface area contributed by atoms with Gasteiger partial charge in [-0.05, 0) is 59.7 Å². The van der Waals surface area contributed by atoms with Gasteiger partial charge in [0.25, 0.3) is 0 Å². The number of rotatable bonds is 6. The number of alkyl halides is 6. The fourth-order valence-corrected chi connectivity index (χ4v) is 3.98. The third-order valence-electron chi connectivity index (χ3n) is 5.79. The molecule has 0 spiro atoms. The molecule has 0 amide bonds. The molecule has 4 aromatic carbocycles. The van der Waals surface area contributed by atoms with Crippen LogP contribution in [0.1, 0.15) is 11.1 Å². The molecule has 204 valence electrons. The molecular weight excluding hydrogens is 536 g/mol. The third-order valence-corrected chi connectivity index (χ3v) is 5.79. The van der Waals surface area contributed by atoms with Crippen molar-refractivity contribution >= 4 is 11.4 Å². The van der Waals surface area contributed by atoms with E-state index in [1.54, 1.807) is 0 Å². The molecule has 0 saturated heterocycles. The molecule has 0 aliphatic heterocycles. The van der Waals surface area contributed by atoms with Crippen molar-refractivity contribution in [2.24, 2.45) is 0 Å². The predicted octanol–water partition coefficient (Wildman–Crippen LogP) is 8.12. The first-order valence-electron chi connectivity index (χ1n) is 11.0. The molecule has 0 fully saturated rings. The lowest BCUT2D eigenvalue weighted by Gasteiger charge is -2.38. The Balaban J connectivity index is 1.73. The second-order valence-electron chi connectivity index (χ2n) is 8.38. The second-order valence-corrected chi connectivity index (χ2v) is 8.38. The minimum absolute atomic E-state index is 0.0883. The average molecular weight is 554 g/mol. The van der Waals surface area contributed by atoms with E-state index in [2.05, 4.69) is 0 Å². The molecular formula is C27H18F8N2O2. The minimum atomic E-state index is -5.85. The Kier molecular flexibility index (Phi) is 7.07. The summed E-state index contributed by atoms with van der Waals surface area (Å²) < 4.78 is 125. The maximum atomic E-state index is 14.4. The topological polar surface area (TPSA) is 70.5 Å². The standard InChI is InChI=1S/C27H18F8N2O2/c28-21-13-17(36)5-11-23(21)38-19-7-1-15(2-8-19)25(26(30,31)32,27(33,34)35)16-3-9-20(10-4-16)39-24-12-6-18(37)14-22(24)29/h1-14H,36-37H2. The molecule has 0 aromatic heterocycles. The average Bonchev–Trinajstić information content (AvgIpc) is 2.83. The Hall–Kier alpha value is -4.48. The molecule has 0 bridgehead atoms.